The number of nitrogens with one attached hydrogen (secondary N) is 1. The smallest absolute Gasteiger partial charge is 0.0914 e. The van der Waals surface area contributed by atoms with Crippen LogP contribution in [-0.4, -0.2) is 17.7 Å². The third-order valence-electron chi connectivity index (χ3n) is 3.60. The predicted octanol–water partition coefficient (Wildman–Crippen LogP) is 3.33. The average molecular weight is 269 g/mol. The number of benzene rings is 2. The topological polar surface area (TPSA) is 32.3 Å². The van der Waals surface area contributed by atoms with Gasteiger partial charge in [0.05, 0.1) is 6.10 Å². The van der Waals surface area contributed by atoms with Gasteiger partial charge in [0.1, 0.15) is 0 Å². The molecule has 0 bridgehead atoms. The summed E-state index contributed by atoms with van der Waals surface area (Å²) in [5.41, 5.74) is 2.30. The van der Waals surface area contributed by atoms with E-state index in [9.17, 15) is 5.11 Å². The molecule has 0 amide bonds. The Morgan fingerprint density at radius 1 is 0.950 bits per heavy atom. The lowest BCUT2D eigenvalue weighted by Crippen LogP contribution is -2.34. The van der Waals surface area contributed by atoms with Gasteiger partial charge in [0.25, 0.3) is 0 Å². The van der Waals surface area contributed by atoms with Crippen molar-refractivity contribution in [3.05, 3.63) is 71.8 Å². The SMILES string of the molecule is CC[C@H](Cc1ccccc1)NC[C@H](O)c1ccccc1. The van der Waals surface area contributed by atoms with Crippen LogP contribution >= 0.6 is 0 Å². The summed E-state index contributed by atoms with van der Waals surface area (Å²) in [6, 6.07) is 20.7. The summed E-state index contributed by atoms with van der Waals surface area (Å²) in [6.07, 6.45) is 1.61. The van der Waals surface area contributed by atoms with E-state index < -0.39 is 6.10 Å². The Kier molecular flexibility index (Phi) is 5.78. The fraction of sp³-hybridized carbons (Fsp3) is 0.333. The van der Waals surface area contributed by atoms with Crippen LogP contribution in [-0.2, 0) is 6.42 Å². The van der Waals surface area contributed by atoms with Gasteiger partial charge in [-0.05, 0) is 24.0 Å². The molecule has 0 aromatic heterocycles. The highest BCUT2D eigenvalue weighted by atomic mass is 16.3. The summed E-state index contributed by atoms with van der Waals surface area (Å²) in [4.78, 5) is 0. The Hall–Kier alpha value is -1.64. The van der Waals surface area contributed by atoms with Gasteiger partial charge in [-0.15, -0.1) is 0 Å². The van der Waals surface area contributed by atoms with Crippen LogP contribution in [0.15, 0.2) is 60.7 Å². The van der Waals surface area contributed by atoms with Crippen LogP contribution in [0.1, 0.15) is 30.6 Å². The molecule has 2 atom stereocenters. The van der Waals surface area contributed by atoms with Gasteiger partial charge in [0.15, 0.2) is 0 Å². The number of hydrogen-bond acceptors (Lipinski definition) is 2. The van der Waals surface area contributed by atoms with E-state index in [1.807, 2.05) is 36.4 Å². The van der Waals surface area contributed by atoms with Crippen molar-refractivity contribution in [1.82, 2.24) is 5.32 Å². The van der Waals surface area contributed by atoms with E-state index in [-0.39, 0.29) is 0 Å². The molecule has 0 unspecified atom stereocenters. The molecule has 106 valence electrons. The molecule has 0 aliphatic carbocycles. The van der Waals surface area contributed by atoms with Crippen LogP contribution in [0.25, 0.3) is 0 Å². The highest BCUT2D eigenvalue weighted by Crippen LogP contribution is 2.12. The molecule has 0 radical (unpaired) electrons. The van der Waals surface area contributed by atoms with Gasteiger partial charge in [-0.3, -0.25) is 0 Å². The van der Waals surface area contributed by atoms with Gasteiger partial charge in [-0.25, -0.2) is 0 Å². The molecule has 20 heavy (non-hydrogen) atoms. The van der Waals surface area contributed by atoms with Crippen molar-refractivity contribution >= 4 is 0 Å². The summed E-state index contributed by atoms with van der Waals surface area (Å²) in [6.45, 7) is 2.77. The van der Waals surface area contributed by atoms with Crippen molar-refractivity contribution in [3.8, 4) is 0 Å². The number of hydrogen-bond donors (Lipinski definition) is 2. The molecule has 2 N–H and O–H groups in total. The van der Waals surface area contributed by atoms with Crippen LogP contribution < -0.4 is 5.32 Å². The minimum atomic E-state index is -0.443. The Labute approximate surface area is 121 Å². The van der Waals surface area contributed by atoms with E-state index in [1.165, 1.54) is 5.56 Å². The zero-order chi connectivity index (χ0) is 14.2. The van der Waals surface area contributed by atoms with E-state index in [1.54, 1.807) is 0 Å². The van der Waals surface area contributed by atoms with Gasteiger partial charge in [-0.1, -0.05) is 67.6 Å². The maximum Gasteiger partial charge on any atom is 0.0914 e. The largest absolute Gasteiger partial charge is 0.387 e. The number of aliphatic hydroxyl groups is 1. The average Bonchev–Trinajstić information content (AvgIpc) is 2.53. The Morgan fingerprint density at radius 2 is 1.55 bits per heavy atom. The van der Waals surface area contributed by atoms with Crippen LogP contribution in [0, 0.1) is 0 Å². The van der Waals surface area contributed by atoms with E-state index in [0.717, 1.165) is 18.4 Å². The standard InChI is InChI=1S/C18H23NO/c1-2-17(13-15-9-5-3-6-10-15)19-14-18(20)16-11-7-4-8-12-16/h3-12,17-20H,2,13-14H2,1H3/t17-,18+/m1/s1. The Morgan fingerprint density at radius 3 is 2.15 bits per heavy atom. The molecule has 2 rings (SSSR count). The van der Waals surface area contributed by atoms with E-state index in [4.69, 9.17) is 0 Å². The minimum absolute atomic E-state index is 0.399. The molecule has 0 saturated carbocycles. The first-order chi connectivity index (χ1) is 9.79. The summed E-state index contributed by atoms with van der Waals surface area (Å²) in [7, 11) is 0. The van der Waals surface area contributed by atoms with Crippen molar-refractivity contribution in [2.45, 2.75) is 31.9 Å². The quantitative estimate of drug-likeness (QED) is 0.808. The van der Waals surface area contributed by atoms with Crippen molar-refractivity contribution < 1.29 is 5.11 Å². The van der Waals surface area contributed by atoms with Crippen LogP contribution in [0.5, 0.6) is 0 Å². The fourth-order valence-corrected chi connectivity index (χ4v) is 2.33. The maximum absolute atomic E-state index is 10.2. The molecule has 0 aliphatic rings. The Bertz CT molecular complexity index is 483. The third kappa shape index (κ3) is 4.48. The van der Waals surface area contributed by atoms with E-state index in [2.05, 4.69) is 36.5 Å². The van der Waals surface area contributed by atoms with Crippen molar-refractivity contribution in [2.24, 2.45) is 0 Å². The molecule has 2 aromatic carbocycles. The molecular weight excluding hydrogens is 246 g/mol. The summed E-state index contributed by atoms with van der Waals surface area (Å²) in [5, 5.41) is 13.6. The highest BCUT2D eigenvalue weighted by Gasteiger charge is 2.11. The van der Waals surface area contributed by atoms with Crippen molar-refractivity contribution in [2.75, 3.05) is 6.54 Å². The molecule has 0 heterocycles. The van der Waals surface area contributed by atoms with Gasteiger partial charge < -0.3 is 10.4 Å². The molecule has 2 heteroatoms. The van der Waals surface area contributed by atoms with Crippen LogP contribution in [0.2, 0.25) is 0 Å². The van der Waals surface area contributed by atoms with Gasteiger partial charge >= 0.3 is 0 Å². The predicted molar refractivity (Wildman–Crippen MR) is 83.6 cm³/mol. The number of rotatable bonds is 7. The third-order valence-corrected chi connectivity index (χ3v) is 3.60. The molecular formula is C18H23NO. The second kappa shape index (κ2) is 7.83. The first kappa shape index (κ1) is 14.8. The lowest BCUT2D eigenvalue weighted by atomic mass is 10.0. The minimum Gasteiger partial charge on any atom is -0.387 e. The second-order valence-electron chi connectivity index (χ2n) is 5.13. The summed E-state index contributed by atoms with van der Waals surface area (Å²) < 4.78 is 0. The molecule has 0 fully saturated rings. The maximum atomic E-state index is 10.2. The normalized spacial score (nSPS) is 13.9. The summed E-state index contributed by atoms with van der Waals surface area (Å²) in [5.74, 6) is 0. The van der Waals surface area contributed by atoms with E-state index >= 15 is 0 Å². The molecule has 0 saturated heterocycles. The molecule has 2 aromatic rings. The van der Waals surface area contributed by atoms with E-state index in [0.29, 0.717) is 12.6 Å². The van der Waals surface area contributed by atoms with Gasteiger partial charge in [0, 0.05) is 12.6 Å². The van der Waals surface area contributed by atoms with Crippen LogP contribution in [0.3, 0.4) is 0 Å². The second-order valence-corrected chi connectivity index (χ2v) is 5.13. The zero-order valence-corrected chi connectivity index (χ0v) is 12.0. The van der Waals surface area contributed by atoms with Crippen LogP contribution in [0.4, 0.5) is 0 Å². The first-order valence-electron chi connectivity index (χ1n) is 7.30. The molecule has 0 spiro atoms. The Balaban J connectivity index is 1.85. The fourth-order valence-electron chi connectivity index (χ4n) is 2.33. The summed E-state index contributed by atoms with van der Waals surface area (Å²) >= 11 is 0. The number of aliphatic hydroxyl groups excluding tert-OH is 1. The van der Waals surface area contributed by atoms with Gasteiger partial charge in [-0.2, -0.15) is 0 Å². The highest BCUT2D eigenvalue weighted by molar-refractivity contribution is 5.18. The molecule has 2 nitrogen and oxygen atoms in total. The lowest BCUT2D eigenvalue weighted by molar-refractivity contribution is 0.169. The first-order valence-corrected chi connectivity index (χ1v) is 7.30. The molecule has 0 aliphatic heterocycles. The van der Waals surface area contributed by atoms with Gasteiger partial charge in [0.2, 0.25) is 0 Å². The zero-order valence-electron chi connectivity index (χ0n) is 12.0. The van der Waals surface area contributed by atoms with Crippen molar-refractivity contribution in [1.29, 1.82) is 0 Å². The van der Waals surface area contributed by atoms with Crippen molar-refractivity contribution in [3.63, 3.8) is 0 Å². The monoisotopic (exact) mass is 269 g/mol. The lowest BCUT2D eigenvalue weighted by Gasteiger charge is -2.20.